The molecule has 1 atom stereocenters. The van der Waals surface area contributed by atoms with Gasteiger partial charge in [-0.2, -0.15) is 0 Å². The van der Waals surface area contributed by atoms with Crippen molar-refractivity contribution in [2.24, 2.45) is 0 Å². The fourth-order valence-electron chi connectivity index (χ4n) is 2.67. The zero-order chi connectivity index (χ0) is 15.2. The maximum absolute atomic E-state index is 12.6. The van der Waals surface area contributed by atoms with Crippen molar-refractivity contribution in [3.63, 3.8) is 0 Å². The van der Waals surface area contributed by atoms with Crippen molar-refractivity contribution in [3.8, 4) is 0 Å². The van der Waals surface area contributed by atoms with E-state index in [4.69, 9.17) is 17.0 Å². The summed E-state index contributed by atoms with van der Waals surface area (Å²) >= 11 is 6.84. The van der Waals surface area contributed by atoms with Crippen molar-refractivity contribution in [2.75, 3.05) is 0 Å². The SMILES string of the molecule is C=CCn1c(=S)[nH]c2c3c(sc2c1=O)COC(C)(CC)C3. The lowest BCUT2D eigenvalue weighted by Crippen LogP contribution is -2.34. The number of H-pyrrole nitrogens is 1. The molecule has 4 nitrogen and oxygen atoms in total. The number of aromatic amines is 1. The number of hydrogen-bond acceptors (Lipinski definition) is 4. The molecule has 6 heteroatoms. The molecule has 3 rings (SSSR count). The molecule has 3 heterocycles. The van der Waals surface area contributed by atoms with Gasteiger partial charge in [0.2, 0.25) is 0 Å². The predicted octanol–water partition coefficient (Wildman–Crippen LogP) is 3.55. The summed E-state index contributed by atoms with van der Waals surface area (Å²) < 4.78 is 8.70. The Morgan fingerprint density at radius 3 is 3.05 bits per heavy atom. The predicted molar refractivity (Wildman–Crippen MR) is 88.7 cm³/mol. The minimum absolute atomic E-state index is 0.0359. The quantitative estimate of drug-likeness (QED) is 0.694. The molecule has 0 spiro atoms. The van der Waals surface area contributed by atoms with E-state index in [0.717, 1.165) is 27.9 Å². The molecule has 0 amide bonds. The van der Waals surface area contributed by atoms with Gasteiger partial charge in [-0.05, 0) is 31.1 Å². The Labute approximate surface area is 132 Å². The number of allylic oxidation sites excluding steroid dienone is 1. The number of nitrogens with zero attached hydrogens (tertiary/aromatic N) is 1. The zero-order valence-corrected chi connectivity index (χ0v) is 13.8. The average molecular weight is 322 g/mol. The third kappa shape index (κ3) is 2.31. The number of fused-ring (bicyclic) bond motifs is 3. The summed E-state index contributed by atoms with van der Waals surface area (Å²) in [5, 5.41) is 0. The summed E-state index contributed by atoms with van der Waals surface area (Å²) in [5.74, 6) is 0. The van der Waals surface area contributed by atoms with Crippen LogP contribution in [-0.4, -0.2) is 15.2 Å². The van der Waals surface area contributed by atoms with Crippen LogP contribution < -0.4 is 5.56 Å². The molecule has 0 aromatic carbocycles. The molecule has 2 aromatic heterocycles. The van der Waals surface area contributed by atoms with Gasteiger partial charge in [-0.1, -0.05) is 13.0 Å². The van der Waals surface area contributed by atoms with Crippen LogP contribution in [0, 0.1) is 4.77 Å². The Hall–Kier alpha value is -1.24. The molecule has 21 heavy (non-hydrogen) atoms. The first-order valence-corrected chi connectivity index (χ1v) is 8.24. The third-order valence-electron chi connectivity index (χ3n) is 4.17. The molecule has 2 aromatic rings. The van der Waals surface area contributed by atoms with Gasteiger partial charge in [0.05, 0.1) is 17.7 Å². The molecule has 0 fully saturated rings. The fraction of sp³-hybridized carbons (Fsp3) is 0.467. The molecule has 0 saturated heterocycles. The molecule has 0 bridgehead atoms. The van der Waals surface area contributed by atoms with Gasteiger partial charge in [0.1, 0.15) is 4.70 Å². The second-order valence-corrected chi connectivity index (χ2v) is 7.10. The van der Waals surface area contributed by atoms with E-state index in [1.165, 1.54) is 16.9 Å². The number of thiophene rings is 1. The summed E-state index contributed by atoms with van der Waals surface area (Å²) in [6.07, 6.45) is 3.44. The van der Waals surface area contributed by atoms with E-state index in [1.54, 1.807) is 10.6 Å². The highest BCUT2D eigenvalue weighted by Crippen LogP contribution is 2.38. The van der Waals surface area contributed by atoms with Gasteiger partial charge in [0, 0.05) is 17.8 Å². The first kappa shape index (κ1) is 14.7. The lowest BCUT2D eigenvalue weighted by Gasteiger charge is -2.32. The summed E-state index contributed by atoms with van der Waals surface area (Å²) in [7, 11) is 0. The van der Waals surface area contributed by atoms with Crippen molar-refractivity contribution in [2.45, 2.75) is 45.4 Å². The zero-order valence-electron chi connectivity index (χ0n) is 12.2. The summed E-state index contributed by atoms with van der Waals surface area (Å²) in [6, 6.07) is 0. The van der Waals surface area contributed by atoms with Crippen LogP contribution in [0.15, 0.2) is 17.4 Å². The van der Waals surface area contributed by atoms with Crippen LogP contribution in [0.1, 0.15) is 30.7 Å². The van der Waals surface area contributed by atoms with Gasteiger partial charge >= 0.3 is 0 Å². The van der Waals surface area contributed by atoms with E-state index < -0.39 is 0 Å². The first-order valence-electron chi connectivity index (χ1n) is 7.01. The number of aromatic nitrogens is 2. The molecule has 112 valence electrons. The van der Waals surface area contributed by atoms with E-state index in [9.17, 15) is 4.79 Å². The van der Waals surface area contributed by atoms with Crippen LogP contribution in [0.25, 0.3) is 10.2 Å². The summed E-state index contributed by atoms with van der Waals surface area (Å²) in [5.41, 5.74) is 1.89. The maximum atomic E-state index is 12.6. The summed E-state index contributed by atoms with van der Waals surface area (Å²) in [6.45, 7) is 8.92. The van der Waals surface area contributed by atoms with Gasteiger partial charge in [0.25, 0.3) is 5.56 Å². The van der Waals surface area contributed by atoms with Crippen LogP contribution in [0.4, 0.5) is 0 Å². The van der Waals surface area contributed by atoms with Gasteiger partial charge in [-0.3, -0.25) is 9.36 Å². The van der Waals surface area contributed by atoms with E-state index in [2.05, 4.69) is 25.4 Å². The highest BCUT2D eigenvalue weighted by molar-refractivity contribution is 7.71. The number of ether oxygens (including phenoxy) is 1. The van der Waals surface area contributed by atoms with Crippen LogP contribution in [0.2, 0.25) is 0 Å². The van der Waals surface area contributed by atoms with Crippen molar-refractivity contribution in [3.05, 3.63) is 38.2 Å². The monoisotopic (exact) mass is 322 g/mol. The van der Waals surface area contributed by atoms with E-state index in [1.807, 2.05) is 0 Å². The fourth-order valence-corrected chi connectivity index (χ4v) is 4.07. The first-order chi connectivity index (χ1) is 9.99. The van der Waals surface area contributed by atoms with Crippen molar-refractivity contribution in [1.29, 1.82) is 0 Å². The van der Waals surface area contributed by atoms with Crippen molar-refractivity contribution < 1.29 is 4.74 Å². The molecule has 0 radical (unpaired) electrons. The largest absolute Gasteiger partial charge is 0.369 e. The highest BCUT2D eigenvalue weighted by atomic mass is 32.1. The topological polar surface area (TPSA) is 47.0 Å². The minimum Gasteiger partial charge on any atom is -0.369 e. The molecular formula is C15H18N2O2S2. The molecular weight excluding hydrogens is 304 g/mol. The van der Waals surface area contributed by atoms with Crippen LogP contribution in [-0.2, 0) is 24.3 Å². The molecule has 1 aliphatic rings. The summed E-state index contributed by atoms with van der Waals surface area (Å²) in [4.78, 5) is 17.0. The van der Waals surface area contributed by atoms with E-state index in [-0.39, 0.29) is 11.2 Å². The van der Waals surface area contributed by atoms with Crippen LogP contribution >= 0.6 is 23.6 Å². The number of nitrogens with one attached hydrogen (secondary N) is 1. The number of hydrogen-bond donors (Lipinski definition) is 1. The van der Waals surface area contributed by atoms with Gasteiger partial charge in [-0.15, -0.1) is 17.9 Å². The second-order valence-electron chi connectivity index (χ2n) is 5.61. The Kier molecular flexibility index (Phi) is 3.63. The van der Waals surface area contributed by atoms with Crippen LogP contribution in [0.5, 0.6) is 0 Å². The third-order valence-corrected chi connectivity index (χ3v) is 5.69. The Balaban J connectivity index is 2.26. The second kappa shape index (κ2) is 5.19. The Morgan fingerprint density at radius 1 is 1.62 bits per heavy atom. The smallest absolute Gasteiger partial charge is 0.272 e. The Bertz CT molecular complexity index is 831. The van der Waals surface area contributed by atoms with Crippen LogP contribution in [0.3, 0.4) is 0 Å². The molecule has 1 N–H and O–H groups in total. The lowest BCUT2D eigenvalue weighted by molar-refractivity contribution is -0.0543. The highest BCUT2D eigenvalue weighted by Gasteiger charge is 2.32. The number of rotatable bonds is 3. The normalized spacial score (nSPS) is 21.4. The molecule has 1 unspecified atom stereocenters. The maximum Gasteiger partial charge on any atom is 0.272 e. The van der Waals surface area contributed by atoms with Gasteiger partial charge in [-0.25, -0.2) is 0 Å². The lowest BCUT2D eigenvalue weighted by atomic mass is 9.91. The molecule has 0 saturated carbocycles. The van der Waals surface area contributed by atoms with Crippen molar-refractivity contribution in [1.82, 2.24) is 9.55 Å². The van der Waals surface area contributed by atoms with E-state index in [0.29, 0.717) is 17.9 Å². The van der Waals surface area contributed by atoms with Gasteiger partial charge < -0.3 is 9.72 Å². The van der Waals surface area contributed by atoms with E-state index >= 15 is 0 Å². The van der Waals surface area contributed by atoms with Gasteiger partial charge in [0.15, 0.2) is 4.77 Å². The van der Waals surface area contributed by atoms with Crippen molar-refractivity contribution >= 4 is 33.8 Å². The standard InChI is InChI=1S/C15H18N2O2S2/c1-4-6-17-13(18)12-11(16-14(17)20)9-7-15(3,5-2)19-8-10(9)21-12/h4H,1,5-8H2,2-3H3,(H,16,20). The Morgan fingerprint density at radius 2 is 2.38 bits per heavy atom. The molecule has 0 aliphatic carbocycles. The average Bonchev–Trinajstić information content (AvgIpc) is 2.81. The minimum atomic E-state index is -0.160. The molecule has 1 aliphatic heterocycles.